The van der Waals surface area contributed by atoms with Gasteiger partial charge in [-0.05, 0) is 48.7 Å². The minimum atomic E-state index is -0.279. The zero-order chi connectivity index (χ0) is 13.0. The third kappa shape index (κ3) is 3.00. The molecule has 0 unspecified atom stereocenters. The van der Waals surface area contributed by atoms with Crippen molar-refractivity contribution in [2.75, 3.05) is 0 Å². The van der Waals surface area contributed by atoms with Crippen LogP contribution in [0.4, 0.5) is 4.39 Å². The van der Waals surface area contributed by atoms with Crippen LogP contribution < -0.4 is 0 Å². The molecule has 1 aromatic heterocycles. The van der Waals surface area contributed by atoms with Crippen molar-refractivity contribution in [1.82, 2.24) is 4.98 Å². The summed E-state index contributed by atoms with van der Waals surface area (Å²) in [6.45, 7) is 1.66. The van der Waals surface area contributed by atoms with E-state index in [-0.39, 0.29) is 11.6 Å². The van der Waals surface area contributed by atoms with Crippen molar-refractivity contribution in [1.29, 1.82) is 0 Å². The van der Waals surface area contributed by atoms with Crippen LogP contribution in [-0.2, 0) is 6.42 Å². The normalized spacial score (nSPS) is 10.3. The Morgan fingerprint density at radius 2 is 2.17 bits per heavy atom. The van der Waals surface area contributed by atoms with Crippen molar-refractivity contribution < 1.29 is 9.18 Å². The Morgan fingerprint density at radius 3 is 2.83 bits per heavy atom. The maximum atomic E-state index is 13.1. The highest BCUT2D eigenvalue weighted by atomic mass is 19.1. The molecule has 2 nitrogen and oxygen atoms in total. The number of carbonyl (C=O) groups is 1. The van der Waals surface area contributed by atoms with Crippen molar-refractivity contribution in [3.8, 4) is 0 Å². The second-order valence-electron chi connectivity index (χ2n) is 4.25. The Kier molecular flexibility index (Phi) is 3.82. The topological polar surface area (TPSA) is 30.0 Å². The monoisotopic (exact) mass is 243 g/mol. The first-order chi connectivity index (χ1) is 8.66. The van der Waals surface area contributed by atoms with Gasteiger partial charge < -0.3 is 0 Å². The van der Waals surface area contributed by atoms with Gasteiger partial charge >= 0.3 is 0 Å². The minimum absolute atomic E-state index is 0.0296. The minimum Gasteiger partial charge on any atom is -0.294 e. The first-order valence-corrected chi connectivity index (χ1v) is 5.85. The van der Waals surface area contributed by atoms with Crippen LogP contribution in [0.1, 0.15) is 27.9 Å². The Labute approximate surface area is 105 Å². The molecule has 1 heterocycles. The predicted molar refractivity (Wildman–Crippen MR) is 68.0 cm³/mol. The van der Waals surface area contributed by atoms with Crippen molar-refractivity contribution in [3.63, 3.8) is 0 Å². The number of nitrogens with zero attached hydrogens (tertiary/aromatic N) is 1. The van der Waals surface area contributed by atoms with Gasteiger partial charge in [0, 0.05) is 24.4 Å². The molecule has 2 aromatic rings. The van der Waals surface area contributed by atoms with Gasteiger partial charge in [0.1, 0.15) is 5.82 Å². The Bertz CT molecular complexity index is 552. The SMILES string of the molecule is Cc1cc(C(=O)CCc2cccnc2)ccc1F. The van der Waals surface area contributed by atoms with Crippen LogP contribution in [0.25, 0.3) is 0 Å². The van der Waals surface area contributed by atoms with E-state index in [2.05, 4.69) is 4.98 Å². The van der Waals surface area contributed by atoms with Crippen LogP contribution in [0.3, 0.4) is 0 Å². The standard InChI is InChI=1S/C15H14FNO/c1-11-9-13(5-6-14(11)16)15(18)7-4-12-3-2-8-17-10-12/h2-3,5-6,8-10H,4,7H2,1H3. The number of aryl methyl sites for hydroxylation is 2. The largest absolute Gasteiger partial charge is 0.294 e. The third-order valence-corrected chi connectivity index (χ3v) is 2.84. The molecule has 92 valence electrons. The van der Waals surface area contributed by atoms with E-state index in [1.54, 1.807) is 25.4 Å². The number of carbonyl (C=O) groups excluding carboxylic acids is 1. The smallest absolute Gasteiger partial charge is 0.163 e. The van der Waals surface area contributed by atoms with Crippen LogP contribution in [0.15, 0.2) is 42.7 Å². The second kappa shape index (κ2) is 5.54. The lowest BCUT2D eigenvalue weighted by Gasteiger charge is -2.03. The van der Waals surface area contributed by atoms with E-state index in [1.165, 1.54) is 12.1 Å². The molecule has 0 aliphatic carbocycles. The second-order valence-corrected chi connectivity index (χ2v) is 4.25. The van der Waals surface area contributed by atoms with Crippen molar-refractivity contribution in [2.24, 2.45) is 0 Å². The lowest BCUT2D eigenvalue weighted by atomic mass is 10.0. The fourth-order valence-corrected chi connectivity index (χ4v) is 1.77. The number of hydrogen-bond donors (Lipinski definition) is 0. The lowest BCUT2D eigenvalue weighted by Crippen LogP contribution is -2.02. The van der Waals surface area contributed by atoms with Gasteiger partial charge in [-0.15, -0.1) is 0 Å². The van der Waals surface area contributed by atoms with E-state index in [0.29, 0.717) is 24.0 Å². The molecule has 3 heteroatoms. The van der Waals surface area contributed by atoms with Gasteiger partial charge in [-0.2, -0.15) is 0 Å². The summed E-state index contributed by atoms with van der Waals surface area (Å²) in [6, 6.07) is 8.26. The average molecular weight is 243 g/mol. The zero-order valence-corrected chi connectivity index (χ0v) is 10.2. The van der Waals surface area contributed by atoms with E-state index in [1.807, 2.05) is 12.1 Å². The number of rotatable bonds is 4. The van der Waals surface area contributed by atoms with Gasteiger partial charge in [0.2, 0.25) is 0 Å². The van der Waals surface area contributed by atoms with Gasteiger partial charge in [0.05, 0.1) is 0 Å². The Hall–Kier alpha value is -2.03. The van der Waals surface area contributed by atoms with Crippen molar-refractivity contribution in [2.45, 2.75) is 19.8 Å². The molecule has 18 heavy (non-hydrogen) atoms. The van der Waals surface area contributed by atoms with Crippen LogP contribution >= 0.6 is 0 Å². The summed E-state index contributed by atoms with van der Waals surface area (Å²) in [5.74, 6) is -0.249. The number of ketones is 1. The molecule has 0 N–H and O–H groups in total. The molecule has 2 rings (SSSR count). The van der Waals surface area contributed by atoms with Gasteiger partial charge in [0.25, 0.3) is 0 Å². The highest BCUT2D eigenvalue weighted by Crippen LogP contribution is 2.12. The number of halogens is 1. The summed E-state index contributed by atoms with van der Waals surface area (Å²) in [5, 5.41) is 0. The molecule has 0 fully saturated rings. The third-order valence-electron chi connectivity index (χ3n) is 2.84. The van der Waals surface area contributed by atoms with Crippen molar-refractivity contribution >= 4 is 5.78 Å². The summed E-state index contributed by atoms with van der Waals surface area (Å²) in [4.78, 5) is 15.9. The predicted octanol–water partition coefficient (Wildman–Crippen LogP) is 3.34. The van der Waals surface area contributed by atoms with E-state index in [4.69, 9.17) is 0 Å². The number of Topliss-reactive ketones (excluding diaryl/α,β-unsaturated/α-hetero) is 1. The molecule has 0 saturated carbocycles. The number of hydrogen-bond acceptors (Lipinski definition) is 2. The highest BCUT2D eigenvalue weighted by Gasteiger charge is 2.08. The zero-order valence-electron chi connectivity index (χ0n) is 10.2. The fraction of sp³-hybridized carbons (Fsp3) is 0.200. The van der Waals surface area contributed by atoms with Gasteiger partial charge in [-0.1, -0.05) is 6.07 Å². The van der Waals surface area contributed by atoms with E-state index < -0.39 is 0 Å². The van der Waals surface area contributed by atoms with E-state index in [0.717, 1.165) is 5.56 Å². The highest BCUT2D eigenvalue weighted by molar-refractivity contribution is 5.96. The Morgan fingerprint density at radius 1 is 1.33 bits per heavy atom. The first-order valence-electron chi connectivity index (χ1n) is 5.85. The quantitative estimate of drug-likeness (QED) is 0.771. The molecule has 0 aliphatic rings. The summed E-state index contributed by atoms with van der Waals surface area (Å²) >= 11 is 0. The molecule has 1 aromatic carbocycles. The van der Waals surface area contributed by atoms with E-state index in [9.17, 15) is 9.18 Å². The summed E-state index contributed by atoms with van der Waals surface area (Å²) in [5.41, 5.74) is 2.10. The molecule has 0 aliphatic heterocycles. The van der Waals surface area contributed by atoms with Crippen LogP contribution in [-0.4, -0.2) is 10.8 Å². The molecular formula is C15H14FNO. The van der Waals surface area contributed by atoms with E-state index >= 15 is 0 Å². The van der Waals surface area contributed by atoms with Gasteiger partial charge in [-0.25, -0.2) is 4.39 Å². The summed E-state index contributed by atoms with van der Waals surface area (Å²) < 4.78 is 13.1. The molecular weight excluding hydrogens is 229 g/mol. The lowest BCUT2D eigenvalue weighted by molar-refractivity contribution is 0.0982. The Balaban J connectivity index is 2.02. The molecule has 0 saturated heterocycles. The summed E-state index contributed by atoms with van der Waals surface area (Å²) in [6.07, 6.45) is 4.53. The molecule has 0 amide bonds. The summed E-state index contributed by atoms with van der Waals surface area (Å²) in [7, 11) is 0. The molecule has 0 bridgehead atoms. The molecule has 0 spiro atoms. The number of pyridine rings is 1. The van der Waals surface area contributed by atoms with Gasteiger partial charge in [-0.3, -0.25) is 9.78 Å². The van der Waals surface area contributed by atoms with Crippen LogP contribution in [0, 0.1) is 12.7 Å². The number of aromatic nitrogens is 1. The van der Waals surface area contributed by atoms with Crippen LogP contribution in [0.5, 0.6) is 0 Å². The van der Waals surface area contributed by atoms with Gasteiger partial charge in [0.15, 0.2) is 5.78 Å². The average Bonchev–Trinajstić information content (AvgIpc) is 2.40. The maximum absolute atomic E-state index is 13.1. The fourth-order valence-electron chi connectivity index (χ4n) is 1.77. The maximum Gasteiger partial charge on any atom is 0.163 e. The van der Waals surface area contributed by atoms with Crippen molar-refractivity contribution in [3.05, 3.63) is 65.2 Å². The molecule has 0 atom stereocenters. The number of benzene rings is 1. The van der Waals surface area contributed by atoms with Crippen LogP contribution in [0.2, 0.25) is 0 Å². The first kappa shape index (κ1) is 12.4. The molecule has 0 radical (unpaired) electrons.